The molecular formula is C15H22O2. The van der Waals surface area contributed by atoms with Crippen LogP contribution < -0.4 is 4.74 Å². The molecule has 1 saturated carbocycles. The maximum Gasteiger partial charge on any atom is 0.125 e. The summed E-state index contributed by atoms with van der Waals surface area (Å²) in [5.41, 5.74) is 0.0382. The SMILES string of the molecule is CC(C)(O)c1ccccc1OC1CCCCC1. The third-order valence-corrected chi connectivity index (χ3v) is 3.39. The quantitative estimate of drug-likeness (QED) is 0.865. The van der Waals surface area contributed by atoms with Crippen LogP contribution in [0.4, 0.5) is 0 Å². The van der Waals surface area contributed by atoms with Crippen molar-refractivity contribution in [2.45, 2.75) is 57.7 Å². The van der Waals surface area contributed by atoms with Crippen LogP contribution in [0.3, 0.4) is 0 Å². The summed E-state index contributed by atoms with van der Waals surface area (Å²) in [6.45, 7) is 3.60. The lowest BCUT2D eigenvalue weighted by molar-refractivity contribution is 0.0697. The van der Waals surface area contributed by atoms with Crippen LogP contribution in [0.1, 0.15) is 51.5 Å². The third-order valence-electron chi connectivity index (χ3n) is 3.39. The molecule has 0 spiro atoms. The second-order valence-electron chi connectivity index (χ2n) is 5.43. The molecule has 17 heavy (non-hydrogen) atoms. The van der Waals surface area contributed by atoms with Crippen LogP contribution in [-0.2, 0) is 5.60 Å². The molecule has 0 amide bonds. The Bertz CT molecular complexity index is 359. The topological polar surface area (TPSA) is 29.5 Å². The van der Waals surface area contributed by atoms with Crippen LogP contribution in [0.25, 0.3) is 0 Å². The van der Waals surface area contributed by atoms with Crippen molar-refractivity contribution < 1.29 is 9.84 Å². The summed E-state index contributed by atoms with van der Waals surface area (Å²) in [4.78, 5) is 0. The maximum atomic E-state index is 10.1. The van der Waals surface area contributed by atoms with Gasteiger partial charge in [-0.15, -0.1) is 0 Å². The van der Waals surface area contributed by atoms with Crippen LogP contribution >= 0.6 is 0 Å². The molecule has 2 nitrogen and oxygen atoms in total. The van der Waals surface area contributed by atoms with E-state index in [2.05, 4.69) is 0 Å². The van der Waals surface area contributed by atoms with Crippen LogP contribution in [-0.4, -0.2) is 11.2 Å². The van der Waals surface area contributed by atoms with Gasteiger partial charge in [0, 0.05) is 5.56 Å². The fourth-order valence-corrected chi connectivity index (χ4v) is 2.44. The van der Waals surface area contributed by atoms with Crippen LogP contribution in [0.15, 0.2) is 24.3 Å². The summed E-state index contributed by atoms with van der Waals surface area (Å²) < 4.78 is 6.05. The van der Waals surface area contributed by atoms with E-state index < -0.39 is 5.60 Å². The van der Waals surface area contributed by atoms with Crippen molar-refractivity contribution >= 4 is 0 Å². The molecule has 0 radical (unpaired) electrons. The lowest BCUT2D eigenvalue weighted by Crippen LogP contribution is -2.23. The number of rotatable bonds is 3. The maximum absolute atomic E-state index is 10.1. The predicted octanol–water partition coefficient (Wildman–Crippen LogP) is 3.63. The van der Waals surface area contributed by atoms with E-state index in [1.54, 1.807) is 13.8 Å². The second kappa shape index (κ2) is 5.09. The number of benzene rings is 1. The van der Waals surface area contributed by atoms with E-state index in [1.807, 2.05) is 24.3 Å². The highest BCUT2D eigenvalue weighted by Gasteiger charge is 2.23. The molecule has 2 heteroatoms. The number of hydrogen-bond donors (Lipinski definition) is 1. The molecule has 94 valence electrons. The molecule has 0 aliphatic heterocycles. The zero-order valence-electron chi connectivity index (χ0n) is 10.8. The van der Waals surface area contributed by atoms with Crippen molar-refractivity contribution in [3.63, 3.8) is 0 Å². The highest BCUT2D eigenvalue weighted by Crippen LogP contribution is 2.32. The Kier molecular flexibility index (Phi) is 3.72. The van der Waals surface area contributed by atoms with E-state index in [-0.39, 0.29) is 0 Å². The minimum atomic E-state index is -0.842. The first-order valence-electron chi connectivity index (χ1n) is 6.56. The zero-order chi connectivity index (χ0) is 12.3. The summed E-state index contributed by atoms with van der Waals surface area (Å²) in [5, 5.41) is 10.1. The zero-order valence-corrected chi connectivity index (χ0v) is 10.8. The number of hydrogen-bond acceptors (Lipinski definition) is 2. The molecule has 1 aromatic carbocycles. The summed E-state index contributed by atoms with van der Waals surface area (Å²) in [6, 6.07) is 7.81. The molecule has 0 aromatic heterocycles. The molecule has 0 heterocycles. The molecule has 0 unspecified atom stereocenters. The van der Waals surface area contributed by atoms with E-state index in [4.69, 9.17) is 4.74 Å². The average Bonchev–Trinajstić information content (AvgIpc) is 2.30. The Morgan fingerprint density at radius 2 is 1.76 bits per heavy atom. The first kappa shape index (κ1) is 12.4. The van der Waals surface area contributed by atoms with Gasteiger partial charge in [0.25, 0.3) is 0 Å². The monoisotopic (exact) mass is 234 g/mol. The van der Waals surface area contributed by atoms with Gasteiger partial charge in [-0.2, -0.15) is 0 Å². The van der Waals surface area contributed by atoms with Crippen molar-refractivity contribution in [3.05, 3.63) is 29.8 Å². The molecule has 1 aliphatic rings. The van der Waals surface area contributed by atoms with Gasteiger partial charge in [0.05, 0.1) is 11.7 Å². The van der Waals surface area contributed by atoms with Crippen molar-refractivity contribution in [1.29, 1.82) is 0 Å². The molecule has 0 bridgehead atoms. The molecule has 1 fully saturated rings. The normalized spacial score (nSPS) is 18.1. The van der Waals surface area contributed by atoms with Gasteiger partial charge in [-0.1, -0.05) is 24.6 Å². The van der Waals surface area contributed by atoms with Gasteiger partial charge in [0.1, 0.15) is 5.75 Å². The van der Waals surface area contributed by atoms with E-state index in [0.29, 0.717) is 6.10 Å². The molecule has 1 aromatic rings. The highest BCUT2D eigenvalue weighted by atomic mass is 16.5. The minimum Gasteiger partial charge on any atom is -0.490 e. The smallest absolute Gasteiger partial charge is 0.125 e. The molecular weight excluding hydrogens is 212 g/mol. The lowest BCUT2D eigenvalue weighted by atomic mass is 9.95. The van der Waals surface area contributed by atoms with Gasteiger partial charge >= 0.3 is 0 Å². The van der Waals surface area contributed by atoms with Gasteiger partial charge < -0.3 is 9.84 Å². The van der Waals surface area contributed by atoms with Crippen molar-refractivity contribution in [3.8, 4) is 5.75 Å². The number of aliphatic hydroxyl groups is 1. The highest BCUT2D eigenvalue weighted by molar-refractivity contribution is 5.37. The largest absolute Gasteiger partial charge is 0.490 e. The number of ether oxygens (including phenoxy) is 1. The van der Waals surface area contributed by atoms with E-state index >= 15 is 0 Å². The molecule has 2 rings (SSSR count). The second-order valence-corrected chi connectivity index (χ2v) is 5.43. The van der Waals surface area contributed by atoms with E-state index in [9.17, 15) is 5.11 Å². The van der Waals surface area contributed by atoms with E-state index in [1.165, 1.54) is 19.3 Å². The van der Waals surface area contributed by atoms with Crippen molar-refractivity contribution in [1.82, 2.24) is 0 Å². The van der Waals surface area contributed by atoms with Crippen molar-refractivity contribution in [2.24, 2.45) is 0 Å². The Morgan fingerprint density at radius 1 is 1.12 bits per heavy atom. The first-order valence-corrected chi connectivity index (χ1v) is 6.56. The molecule has 1 aliphatic carbocycles. The number of para-hydroxylation sites is 1. The van der Waals surface area contributed by atoms with Gasteiger partial charge in [0.15, 0.2) is 0 Å². The van der Waals surface area contributed by atoms with Crippen LogP contribution in [0, 0.1) is 0 Å². The minimum absolute atomic E-state index is 0.326. The third kappa shape index (κ3) is 3.22. The Hall–Kier alpha value is -1.02. The standard InChI is InChI=1S/C15H22O2/c1-15(2,16)13-10-6-7-11-14(13)17-12-8-4-3-5-9-12/h6-7,10-12,16H,3-5,8-9H2,1-2H3. The summed E-state index contributed by atoms with van der Waals surface area (Å²) in [5.74, 6) is 0.840. The average molecular weight is 234 g/mol. The fourth-order valence-electron chi connectivity index (χ4n) is 2.44. The summed E-state index contributed by atoms with van der Waals surface area (Å²) in [6.07, 6.45) is 6.45. The van der Waals surface area contributed by atoms with Gasteiger partial charge in [-0.05, 0) is 45.6 Å². The van der Waals surface area contributed by atoms with E-state index in [0.717, 1.165) is 24.2 Å². The van der Waals surface area contributed by atoms with Crippen LogP contribution in [0.5, 0.6) is 5.75 Å². The Morgan fingerprint density at radius 3 is 2.41 bits per heavy atom. The summed E-state index contributed by atoms with van der Waals surface area (Å²) >= 11 is 0. The molecule has 0 saturated heterocycles. The van der Waals surface area contributed by atoms with Crippen molar-refractivity contribution in [2.75, 3.05) is 0 Å². The first-order chi connectivity index (χ1) is 8.07. The Balaban J connectivity index is 2.14. The van der Waals surface area contributed by atoms with Crippen LogP contribution in [0.2, 0.25) is 0 Å². The van der Waals surface area contributed by atoms with Gasteiger partial charge in [0.2, 0.25) is 0 Å². The summed E-state index contributed by atoms with van der Waals surface area (Å²) in [7, 11) is 0. The predicted molar refractivity (Wildman–Crippen MR) is 69.2 cm³/mol. The molecule has 1 N–H and O–H groups in total. The molecule has 0 atom stereocenters. The Labute approximate surface area is 104 Å². The lowest BCUT2D eigenvalue weighted by Gasteiger charge is -2.27. The van der Waals surface area contributed by atoms with Gasteiger partial charge in [-0.25, -0.2) is 0 Å². The van der Waals surface area contributed by atoms with Gasteiger partial charge in [-0.3, -0.25) is 0 Å². The fraction of sp³-hybridized carbons (Fsp3) is 0.600.